The highest BCUT2D eigenvalue weighted by atomic mass is 32.1. The number of hydrogen-bond donors (Lipinski definition) is 0. The van der Waals surface area contributed by atoms with Crippen LogP contribution in [-0.2, 0) is 22.5 Å². The highest BCUT2D eigenvalue weighted by Crippen LogP contribution is 2.30. The van der Waals surface area contributed by atoms with E-state index in [0.29, 0.717) is 23.7 Å². The number of carbonyl (C=O) groups excluding carboxylic acids is 2. The van der Waals surface area contributed by atoms with Crippen LogP contribution in [0.4, 0.5) is 0 Å². The third kappa shape index (κ3) is 3.69. The zero-order valence-corrected chi connectivity index (χ0v) is 17.4. The largest absolute Gasteiger partial charge is 0.448 e. The Morgan fingerprint density at radius 1 is 1.30 bits per heavy atom. The summed E-state index contributed by atoms with van der Waals surface area (Å²) in [6.07, 6.45) is 0.0426. The van der Waals surface area contributed by atoms with Crippen molar-refractivity contribution in [1.82, 2.24) is 9.88 Å². The molecule has 3 aromatic rings. The number of amides is 1. The van der Waals surface area contributed by atoms with Crippen molar-refractivity contribution < 1.29 is 14.3 Å². The summed E-state index contributed by atoms with van der Waals surface area (Å²) in [5.41, 5.74) is 2.82. The van der Waals surface area contributed by atoms with Crippen LogP contribution in [0.5, 0.6) is 0 Å². The Balaban J connectivity index is 1.43. The molecule has 1 atom stereocenters. The number of fused-ring (bicyclic) bond motifs is 1. The number of aromatic nitrogens is 1. The maximum absolute atomic E-state index is 12.7. The molecule has 140 valence electrons. The predicted octanol–water partition coefficient (Wildman–Crippen LogP) is 4.37. The van der Waals surface area contributed by atoms with Gasteiger partial charge in [0.2, 0.25) is 0 Å². The lowest BCUT2D eigenvalue weighted by atomic mass is 10.1. The van der Waals surface area contributed by atoms with Crippen molar-refractivity contribution in [2.45, 2.75) is 32.9 Å². The van der Waals surface area contributed by atoms with Gasteiger partial charge in [0.05, 0.1) is 5.69 Å². The molecule has 0 spiro atoms. The minimum absolute atomic E-state index is 0.152. The lowest BCUT2D eigenvalue weighted by Gasteiger charge is -2.29. The lowest BCUT2D eigenvalue weighted by molar-refractivity contribution is -0.140. The molecule has 27 heavy (non-hydrogen) atoms. The van der Waals surface area contributed by atoms with Gasteiger partial charge < -0.3 is 9.64 Å². The third-order valence-electron chi connectivity index (χ3n) is 4.50. The SMILES string of the molecule is Cc1nc(-c2ccsc2)sc1C(=O)O[C@H](C)C(=O)N1CCc2sccc2C1. The van der Waals surface area contributed by atoms with E-state index in [9.17, 15) is 9.59 Å². The average Bonchev–Trinajstić information content (AvgIpc) is 3.40. The van der Waals surface area contributed by atoms with Gasteiger partial charge in [-0.15, -0.1) is 22.7 Å². The topological polar surface area (TPSA) is 59.5 Å². The first-order valence-electron chi connectivity index (χ1n) is 8.58. The number of thiazole rings is 1. The number of aryl methyl sites for hydroxylation is 1. The van der Waals surface area contributed by atoms with Gasteiger partial charge in [-0.25, -0.2) is 9.78 Å². The number of hydrogen-bond acceptors (Lipinski definition) is 7. The number of carbonyl (C=O) groups is 2. The molecule has 0 radical (unpaired) electrons. The second-order valence-electron chi connectivity index (χ2n) is 6.37. The second kappa shape index (κ2) is 7.53. The predicted molar refractivity (Wildman–Crippen MR) is 108 cm³/mol. The van der Waals surface area contributed by atoms with Gasteiger partial charge in [-0.1, -0.05) is 0 Å². The zero-order chi connectivity index (χ0) is 19.0. The Bertz CT molecular complexity index is 974. The summed E-state index contributed by atoms with van der Waals surface area (Å²) < 4.78 is 5.48. The molecule has 0 saturated heterocycles. The minimum atomic E-state index is -0.816. The van der Waals surface area contributed by atoms with Gasteiger partial charge in [-0.2, -0.15) is 11.3 Å². The van der Waals surface area contributed by atoms with Crippen LogP contribution in [0.3, 0.4) is 0 Å². The summed E-state index contributed by atoms with van der Waals surface area (Å²) >= 11 is 4.62. The molecule has 3 aromatic heterocycles. The number of nitrogens with zero attached hydrogens (tertiary/aromatic N) is 2. The van der Waals surface area contributed by atoms with Crippen LogP contribution in [0.1, 0.15) is 32.7 Å². The van der Waals surface area contributed by atoms with E-state index in [2.05, 4.69) is 16.4 Å². The van der Waals surface area contributed by atoms with Crippen molar-refractivity contribution in [3.63, 3.8) is 0 Å². The van der Waals surface area contributed by atoms with Crippen molar-refractivity contribution in [3.8, 4) is 10.6 Å². The molecular formula is C19H18N2O3S3. The van der Waals surface area contributed by atoms with Crippen LogP contribution in [0.2, 0.25) is 0 Å². The third-order valence-corrected chi connectivity index (χ3v) is 7.39. The molecule has 8 heteroatoms. The van der Waals surface area contributed by atoms with E-state index in [1.54, 1.807) is 41.4 Å². The number of esters is 1. The van der Waals surface area contributed by atoms with Gasteiger partial charge in [0, 0.05) is 28.9 Å². The molecule has 1 aliphatic rings. The first kappa shape index (κ1) is 18.3. The Morgan fingerprint density at radius 3 is 2.93 bits per heavy atom. The van der Waals surface area contributed by atoms with Crippen LogP contribution in [0, 0.1) is 6.92 Å². The van der Waals surface area contributed by atoms with Gasteiger partial charge in [-0.05, 0) is 48.7 Å². The molecule has 4 rings (SSSR count). The molecule has 4 heterocycles. The van der Waals surface area contributed by atoms with E-state index in [-0.39, 0.29) is 5.91 Å². The maximum Gasteiger partial charge on any atom is 0.351 e. The number of ether oxygens (including phenoxy) is 1. The summed E-state index contributed by atoms with van der Waals surface area (Å²) in [6, 6.07) is 4.03. The van der Waals surface area contributed by atoms with Gasteiger partial charge in [0.15, 0.2) is 6.10 Å². The summed E-state index contributed by atoms with van der Waals surface area (Å²) in [6.45, 7) is 4.68. The number of thiophene rings is 2. The highest BCUT2D eigenvalue weighted by molar-refractivity contribution is 7.17. The Hall–Kier alpha value is -2.03. The summed E-state index contributed by atoms with van der Waals surface area (Å²) in [5.74, 6) is -0.638. The van der Waals surface area contributed by atoms with Gasteiger partial charge >= 0.3 is 5.97 Å². The normalized spacial score (nSPS) is 14.7. The van der Waals surface area contributed by atoms with E-state index in [1.807, 2.05) is 16.8 Å². The van der Waals surface area contributed by atoms with Crippen molar-refractivity contribution in [3.05, 3.63) is 49.3 Å². The van der Waals surface area contributed by atoms with E-state index in [0.717, 1.165) is 17.0 Å². The monoisotopic (exact) mass is 418 g/mol. The van der Waals surface area contributed by atoms with Crippen LogP contribution in [-0.4, -0.2) is 34.4 Å². The smallest absolute Gasteiger partial charge is 0.351 e. The first-order valence-corrected chi connectivity index (χ1v) is 11.2. The van der Waals surface area contributed by atoms with E-state index in [1.165, 1.54) is 21.8 Å². The average molecular weight is 419 g/mol. The molecule has 5 nitrogen and oxygen atoms in total. The van der Waals surface area contributed by atoms with Gasteiger partial charge in [0.1, 0.15) is 9.88 Å². The fourth-order valence-electron chi connectivity index (χ4n) is 3.05. The maximum atomic E-state index is 12.7. The Labute approximate surface area is 169 Å². The standard InChI is InChI=1S/C19H18N2O3S3/c1-11-16(27-17(20-11)14-4-7-25-10-14)19(23)24-12(2)18(22)21-6-3-15-13(9-21)5-8-26-15/h4-5,7-8,10,12H,3,6,9H2,1-2H3/t12-/m1/s1. The highest BCUT2D eigenvalue weighted by Gasteiger charge is 2.29. The van der Waals surface area contributed by atoms with Gasteiger partial charge in [0.25, 0.3) is 5.91 Å². The van der Waals surface area contributed by atoms with Crippen molar-refractivity contribution in [1.29, 1.82) is 0 Å². The van der Waals surface area contributed by atoms with Gasteiger partial charge in [-0.3, -0.25) is 4.79 Å². The van der Waals surface area contributed by atoms with Crippen molar-refractivity contribution in [2.75, 3.05) is 6.54 Å². The van der Waals surface area contributed by atoms with E-state index < -0.39 is 12.1 Å². The van der Waals surface area contributed by atoms with Crippen molar-refractivity contribution in [2.24, 2.45) is 0 Å². The van der Waals surface area contributed by atoms with E-state index >= 15 is 0 Å². The Morgan fingerprint density at radius 2 is 2.15 bits per heavy atom. The van der Waals surface area contributed by atoms with Crippen LogP contribution in [0.25, 0.3) is 10.6 Å². The molecule has 1 aliphatic heterocycles. The minimum Gasteiger partial charge on any atom is -0.448 e. The fourth-order valence-corrected chi connectivity index (χ4v) is 5.60. The fraction of sp³-hybridized carbons (Fsp3) is 0.316. The molecular weight excluding hydrogens is 400 g/mol. The summed E-state index contributed by atoms with van der Waals surface area (Å²) in [4.78, 5) is 33.3. The van der Waals surface area contributed by atoms with Crippen LogP contribution >= 0.6 is 34.0 Å². The second-order valence-corrected chi connectivity index (χ2v) is 9.15. The van der Waals surface area contributed by atoms with Crippen LogP contribution in [0.15, 0.2) is 28.3 Å². The molecule has 0 unspecified atom stereocenters. The number of rotatable bonds is 4. The molecule has 0 N–H and O–H groups in total. The lowest BCUT2D eigenvalue weighted by Crippen LogP contribution is -2.42. The molecule has 0 saturated carbocycles. The quantitative estimate of drug-likeness (QED) is 0.590. The van der Waals surface area contributed by atoms with E-state index in [4.69, 9.17) is 4.74 Å². The Kier molecular flexibility index (Phi) is 5.12. The molecule has 0 fully saturated rings. The first-order chi connectivity index (χ1) is 13.0. The summed E-state index contributed by atoms with van der Waals surface area (Å²) in [5, 5.41) is 6.82. The summed E-state index contributed by atoms with van der Waals surface area (Å²) in [7, 11) is 0. The molecule has 1 amide bonds. The van der Waals surface area contributed by atoms with Crippen molar-refractivity contribution >= 4 is 45.9 Å². The molecule has 0 bridgehead atoms. The zero-order valence-electron chi connectivity index (χ0n) is 14.9. The molecule has 0 aromatic carbocycles. The van der Waals surface area contributed by atoms with Crippen LogP contribution < -0.4 is 0 Å². The molecule has 0 aliphatic carbocycles.